The van der Waals surface area contributed by atoms with Gasteiger partial charge in [-0.2, -0.15) is 0 Å². The molecule has 2 aliphatic rings. The molecular formula is C20H29N3O2. The lowest BCUT2D eigenvalue weighted by Crippen LogP contribution is -2.39. The Morgan fingerprint density at radius 3 is 2.48 bits per heavy atom. The van der Waals surface area contributed by atoms with Crippen LogP contribution >= 0.6 is 0 Å². The van der Waals surface area contributed by atoms with E-state index < -0.39 is 0 Å². The summed E-state index contributed by atoms with van der Waals surface area (Å²) in [6, 6.07) is 10.4. The Hall–Kier alpha value is -1.88. The van der Waals surface area contributed by atoms with Crippen molar-refractivity contribution in [1.82, 2.24) is 9.80 Å². The summed E-state index contributed by atoms with van der Waals surface area (Å²) in [6.07, 6.45) is 2.22. The molecule has 0 radical (unpaired) electrons. The maximum absolute atomic E-state index is 13.0. The van der Waals surface area contributed by atoms with Crippen molar-refractivity contribution in [3.05, 3.63) is 35.9 Å². The SMILES string of the molecule is CCC(CC)N1CC(C(=O)N2C[C@@H](N)[C@H](c3ccccc3)C2)CC1=O. The van der Waals surface area contributed by atoms with Crippen LogP contribution in [0.5, 0.6) is 0 Å². The number of benzene rings is 1. The Balaban J connectivity index is 1.65. The molecule has 136 valence electrons. The molecule has 25 heavy (non-hydrogen) atoms. The van der Waals surface area contributed by atoms with E-state index in [2.05, 4.69) is 26.0 Å². The molecular weight excluding hydrogens is 314 g/mol. The van der Waals surface area contributed by atoms with Crippen molar-refractivity contribution in [3.8, 4) is 0 Å². The number of carbonyl (C=O) groups excluding carboxylic acids is 2. The van der Waals surface area contributed by atoms with Crippen LogP contribution in [0.1, 0.15) is 44.6 Å². The van der Waals surface area contributed by atoms with Crippen LogP contribution in [-0.2, 0) is 9.59 Å². The summed E-state index contributed by atoms with van der Waals surface area (Å²) in [5.74, 6) is 0.179. The van der Waals surface area contributed by atoms with E-state index in [0.29, 0.717) is 26.1 Å². The second-order valence-electron chi connectivity index (χ2n) is 7.34. The van der Waals surface area contributed by atoms with Crippen LogP contribution in [0.3, 0.4) is 0 Å². The van der Waals surface area contributed by atoms with Crippen LogP contribution in [0.25, 0.3) is 0 Å². The average molecular weight is 343 g/mol. The molecule has 2 saturated heterocycles. The van der Waals surface area contributed by atoms with Gasteiger partial charge in [-0.25, -0.2) is 0 Å². The van der Waals surface area contributed by atoms with Gasteiger partial charge in [0.05, 0.1) is 5.92 Å². The van der Waals surface area contributed by atoms with Crippen molar-refractivity contribution in [2.24, 2.45) is 11.7 Å². The zero-order chi connectivity index (χ0) is 18.0. The van der Waals surface area contributed by atoms with Crippen molar-refractivity contribution < 1.29 is 9.59 Å². The van der Waals surface area contributed by atoms with E-state index in [-0.39, 0.29) is 35.7 Å². The highest BCUT2D eigenvalue weighted by Gasteiger charge is 2.42. The average Bonchev–Trinajstić information content (AvgIpc) is 3.20. The van der Waals surface area contributed by atoms with Crippen molar-refractivity contribution in [3.63, 3.8) is 0 Å². The van der Waals surface area contributed by atoms with E-state index in [4.69, 9.17) is 5.73 Å². The van der Waals surface area contributed by atoms with Gasteiger partial charge in [-0.15, -0.1) is 0 Å². The Kier molecular flexibility index (Phi) is 5.42. The lowest BCUT2D eigenvalue weighted by atomic mass is 9.95. The van der Waals surface area contributed by atoms with Crippen molar-refractivity contribution in [1.29, 1.82) is 0 Å². The van der Waals surface area contributed by atoms with Gasteiger partial charge in [0, 0.05) is 44.1 Å². The highest BCUT2D eigenvalue weighted by Crippen LogP contribution is 2.30. The number of nitrogens with two attached hydrogens (primary N) is 1. The summed E-state index contributed by atoms with van der Waals surface area (Å²) in [7, 11) is 0. The third-order valence-electron chi connectivity index (χ3n) is 5.80. The van der Waals surface area contributed by atoms with Crippen LogP contribution in [0.2, 0.25) is 0 Å². The van der Waals surface area contributed by atoms with Crippen LogP contribution in [0.4, 0.5) is 0 Å². The van der Waals surface area contributed by atoms with Crippen molar-refractivity contribution in [2.75, 3.05) is 19.6 Å². The minimum atomic E-state index is -0.213. The van der Waals surface area contributed by atoms with Gasteiger partial charge in [0.1, 0.15) is 0 Å². The molecule has 2 aliphatic heterocycles. The van der Waals surface area contributed by atoms with E-state index in [1.54, 1.807) is 0 Å². The molecule has 0 aliphatic carbocycles. The summed E-state index contributed by atoms with van der Waals surface area (Å²) in [5.41, 5.74) is 7.50. The predicted octanol–water partition coefficient (Wildman–Crippen LogP) is 1.98. The molecule has 2 heterocycles. The molecule has 0 aromatic heterocycles. The molecule has 5 heteroatoms. The fourth-order valence-corrected chi connectivity index (χ4v) is 4.30. The standard InChI is InChI=1S/C20H29N3O2/c1-3-16(4-2)23-11-15(10-19(23)24)20(25)22-12-17(18(21)13-22)14-8-6-5-7-9-14/h5-9,15-18H,3-4,10-13,21H2,1-2H3/t15?,17-,18+/m0/s1. The Morgan fingerprint density at radius 1 is 1.16 bits per heavy atom. The normalized spacial score (nSPS) is 26.7. The Morgan fingerprint density at radius 2 is 1.84 bits per heavy atom. The van der Waals surface area contributed by atoms with Gasteiger partial charge < -0.3 is 15.5 Å². The molecule has 2 fully saturated rings. The molecule has 5 nitrogen and oxygen atoms in total. The van der Waals surface area contributed by atoms with Crippen LogP contribution in [0, 0.1) is 5.92 Å². The monoisotopic (exact) mass is 343 g/mol. The van der Waals surface area contributed by atoms with E-state index in [1.807, 2.05) is 28.0 Å². The van der Waals surface area contributed by atoms with Crippen LogP contribution in [0.15, 0.2) is 30.3 Å². The highest BCUT2D eigenvalue weighted by atomic mass is 16.2. The van der Waals surface area contributed by atoms with Crippen molar-refractivity contribution >= 4 is 11.8 Å². The third kappa shape index (κ3) is 3.56. The smallest absolute Gasteiger partial charge is 0.228 e. The Bertz CT molecular complexity index is 615. The second-order valence-corrected chi connectivity index (χ2v) is 7.34. The van der Waals surface area contributed by atoms with Gasteiger partial charge in [0.2, 0.25) is 11.8 Å². The zero-order valence-corrected chi connectivity index (χ0v) is 15.2. The topological polar surface area (TPSA) is 66.6 Å². The van der Waals surface area contributed by atoms with Gasteiger partial charge in [0.25, 0.3) is 0 Å². The summed E-state index contributed by atoms with van der Waals surface area (Å²) in [6.45, 7) is 5.99. The first-order chi connectivity index (χ1) is 12.0. The lowest BCUT2D eigenvalue weighted by Gasteiger charge is -2.26. The number of amides is 2. The van der Waals surface area contributed by atoms with E-state index >= 15 is 0 Å². The molecule has 0 spiro atoms. The molecule has 1 aromatic rings. The number of likely N-dealkylation sites (tertiary alicyclic amines) is 2. The maximum atomic E-state index is 13.0. The first-order valence-corrected chi connectivity index (χ1v) is 9.43. The third-order valence-corrected chi connectivity index (χ3v) is 5.80. The summed E-state index contributed by atoms with van der Waals surface area (Å²) >= 11 is 0. The first-order valence-electron chi connectivity index (χ1n) is 9.43. The zero-order valence-electron chi connectivity index (χ0n) is 15.2. The molecule has 0 bridgehead atoms. The maximum Gasteiger partial charge on any atom is 0.228 e. The molecule has 3 atom stereocenters. The van der Waals surface area contributed by atoms with E-state index in [9.17, 15) is 9.59 Å². The van der Waals surface area contributed by atoms with Crippen molar-refractivity contribution in [2.45, 2.75) is 51.1 Å². The summed E-state index contributed by atoms with van der Waals surface area (Å²) in [4.78, 5) is 29.1. The minimum Gasteiger partial charge on any atom is -0.340 e. The first kappa shape index (κ1) is 17.9. The molecule has 2 N–H and O–H groups in total. The quantitative estimate of drug-likeness (QED) is 0.889. The van der Waals surface area contributed by atoms with Gasteiger partial charge in [-0.05, 0) is 18.4 Å². The summed E-state index contributed by atoms with van der Waals surface area (Å²) < 4.78 is 0. The number of hydrogen-bond acceptors (Lipinski definition) is 3. The molecule has 1 aromatic carbocycles. The fourth-order valence-electron chi connectivity index (χ4n) is 4.30. The molecule has 3 rings (SSSR count). The Labute approximate surface area is 150 Å². The second kappa shape index (κ2) is 7.56. The fraction of sp³-hybridized carbons (Fsp3) is 0.600. The van der Waals surface area contributed by atoms with Crippen LogP contribution in [-0.4, -0.2) is 53.3 Å². The minimum absolute atomic E-state index is 0.0430. The van der Waals surface area contributed by atoms with Crippen LogP contribution < -0.4 is 5.73 Å². The lowest BCUT2D eigenvalue weighted by molar-refractivity contribution is -0.135. The number of nitrogens with zero attached hydrogens (tertiary/aromatic N) is 2. The molecule has 1 unspecified atom stereocenters. The van der Waals surface area contributed by atoms with E-state index in [1.165, 1.54) is 5.56 Å². The highest BCUT2D eigenvalue weighted by molar-refractivity contribution is 5.89. The number of rotatable bonds is 5. The van der Waals surface area contributed by atoms with Gasteiger partial charge in [0.15, 0.2) is 0 Å². The predicted molar refractivity (Wildman–Crippen MR) is 97.9 cm³/mol. The van der Waals surface area contributed by atoms with Gasteiger partial charge in [-0.3, -0.25) is 9.59 Å². The van der Waals surface area contributed by atoms with Gasteiger partial charge in [-0.1, -0.05) is 44.2 Å². The van der Waals surface area contributed by atoms with E-state index in [0.717, 1.165) is 12.8 Å². The summed E-state index contributed by atoms with van der Waals surface area (Å²) in [5, 5.41) is 0. The largest absolute Gasteiger partial charge is 0.340 e. The molecule has 0 saturated carbocycles. The molecule has 2 amide bonds. The number of hydrogen-bond donors (Lipinski definition) is 1. The van der Waals surface area contributed by atoms with Gasteiger partial charge >= 0.3 is 0 Å². The number of carbonyl (C=O) groups is 2.